The molecule has 1 aromatic carbocycles. The highest BCUT2D eigenvalue weighted by Gasteiger charge is 2.16. The Balaban J connectivity index is 1.80. The van der Waals surface area contributed by atoms with Crippen LogP contribution in [0.25, 0.3) is 0 Å². The zero-order valence-corrected chi connectivity index (χ0v) is 13.0. The highest BCUT2D eigenvalue weighted by molar-refractivity contribution is 5.78. The average molecular weight is 290 g/mol. The number of nitrogens with one attached hydrogen (secondary N) is 2. The molecule has 4 heteroatoms. The largest absolute Gasteiger partial charge is 0.496 e. The van der Waals surface area contributed by atoms with Crippen molar-refractivity contribution in [2.45, 2.75) is 51.1 Å². The van der Waals surface area contributed by atoms with Crippen molar-refractivity contribution in [2.75, 3.05) is 13.7 Å². The molecule has 0 aliphatic heterocycles. The number of amides is 1. The van der Waals surface area contributed by atoms with Gasteiger partial charge in [0.25, 0.3) is 0 Å². The quantitative estimate of drug-likeness (QED) is 0.847. The highest BCUT2D eigenvalue weighted by Crippen LogP contribution is 2.24. The summed E-state index contributed by atoms with van der Waals surface area (Å²) < 4.78 is 5.35. The van der Waals surface area contributed by atoms with E-state index >= 15 is 0 Å². The first kappa shape index (κ1) is 15.8. The molecular formula is C17H26N2O2. The third-order valence-electron chi connectivity index (χ3n) is 4.14. The van der Waals surface area contributed by atoms with E-state index < -0.39 is 0 Å². The first-order valence-electron chi connectivity index (χ1n) is 7.86. The predicted octanol–water partition coefficient (Wildman–Crippen LogP) is 2.79. The SMILES string of the molecule is COc1ccccc1[C@@H](C)NCC(=O)NC1CCCCC1. The number of carbonyl (C=O) groups is 1. The topological polar surface area (TPSA) is 50.4 Å². The van der Waals surface area contributed by atoms with E-state index in [1.807, 2.05) is 31.2 Å². The molecule has 2 rings (SSSR count). The number of hydrogen-bond acceptors (Lipinski definition) is 3. The summed E-state index contributed by atoms with van der Waals surface area (Å²) in [5, 5.41) is 6.39. The Morgan fingerprint density at radius 2 is 2.00 bits per heavy atom. The summed E-state index contributed by atoms with van der Waals surface area (Å²) in [6.45, 7) is 2.39. The summed E-state index contributed by atoms with van der Waals surface area (Å²) >= 11 is 0. The molecule has 1 aliphatic carbocycles. The van der Waals surface area contributed by atoms with Crippen molar-refractivity contribution < 1.29 is 9.53 Å². The summed E-state index contributed by atoms with van der Waals surface area (Å²) in [5.74, 6) is 0.939. The highest BCUT2D eigenvalue weighted by atomic mass is 16.5. The lowest BCUT2D eigenvalue weighted by atomic mass is 9.95. The molecule has 1 amide bonds. The van der Waals surface area contributed by atoms with Gasteiger partial charge in [-0.25, -0.2) is 0 Å². The first-order chi connectivity index (χ1) is 10.2. The van der Waals surface area contributed by atoms with Crippen molar-refractivity contribution in [1.29, 1.82) is 0 Å². The van der Waals surface area contributed by atoms with Crippen molar-refractivity contribution >= 4 is 5.91 Å². The predicted molar refractivity (Wildman–Crippen MR) is 84.4 cm³/mol. The fourth-order valence-electron chi connectivity index (χ4n) is 2.91. The third-order valence-corrected chi connectivity index (χ3v) is 4.14. The van der Waals surface area contributed by atoms with Gasteiger partial charge in [0.05, 0.1) is 13.7 Å². The van der Waals surface area contributed by atoms with Crippen LogP contribution in [0.15, 0.2) is 24.3 Å². The van der Waals surface area contributed by atoms with Crippen molar-refractivity contribution in [3.8, 4) is 5.75 Å². The lowest BCUT2D eigenvalue weighted by molar-refractivity contribution is -0.121. The Bertz CT molecular complexity index is 456. The maximum absolute atomic E-state index is 12.0. The van der Waals surface area contributed by atoms with E-state index in [-0.39, 0.29) is 11.9 Å². The first-order valence-corrected chi connectivity index (χ1v) is 7.86. The number of ether oxygens (including phenoxy) is 1. The monoisotopic (exact) mass is 290 g/mol. The summed E-state index contributed by atoms with van der Waals surface area (Å²) in [6.07, 6.45) is 6.00. The van der Waals surface area contributed by atoms with Crippen LogP contribution in [0.4, 0.5) is 0 Å². The minimum atomic E-state index is 0.0817. The molecule has 0 heterocycles. The van der Waals surface area contributed by atoms with Crippen LogP contribution in [0.5, 0.6) is 5.75 Å². The van der Waals surface area contributed by atoms with Gasteiger partial charge in [0.1, 0.15) is 5.75 Å². The molecule has 4 nitrogen and oxygen atoms in total. The normalized spacial score (nSPS) is 17.2. The van der Waals surface area contributed by atoms with Crippen LogP contribution >= 0.6 is 0 Å². The number of methoxy groups -OCH3 is 1. The summed E-state index contributed by atoms with van der Waals surface area (Å²) in [7, 11) is 1.67. The van der Waals surface area contributed by atoms with Crippen molar-refractivity contribution in [1.82, 2.24) is 10.6 Å². The van der Waals surface area contributed by atoms with Crippen molar-refractivity contribution in [3.63, 3.8) is 0 Å². The number of benzene rings is 1. The lowest BCUT2D eigenvalue weighted by Crippen LogP contribution is -2.41. The van der Waals surface area contributed by atoms with E-state index in [1.54, 1.807) is 7.11 Å². The number of para-hydroxylation sites is 1. The zero-order chi connectivity index (χ0) is 15.1. The Morgan fingerprint density at radius 1 is 1.29 bits per heavy atom. The average Bonchev–Trinajstić information content (AvgIpc) is 2.53. The number of rotatable bonds is 6. The molecule has 0 spiro atoms. The van der Waals surface area contributed by atoms with Gasteiger partial charge in [-0.05, 0) is 25.8 Å². The summed E-state index contributed by atoms with van der Waals surface area (Å²) in [5.41, 5.74) is 1.07. The van der Waals surface area contributed by atoms with E-state index in [0.717, 1.165) is 24.2 Å². The molecule has 2 N–H and O–H groups in total. The van der Waals surface area contributed by atoms with Crippen LogP contribution in [0.1, 0.15) is 50.6 Å². The van der Waals surface area contributed by atoms with E-state index in [9.17, 15) is 4.79 Å². The molecule has 1 fully saturated rings. The van der Waals surface area contributed by atoms with Gasteiger partial charge in [-0.3, -0.25) is 4.79 Å². The number of hydrogen-bond donors (Lipinski definition) is 2. The molecule has 0 radical (unpaired) electrons. The smallest absolute Gasteiger partial charge is 0.234 e. The van der Waals surface area contributed by atoms with Gasteiger partial charge in [0.2, 0.25) is 5.91 Å². The van der Waals surface area contributed by atoms with E-state index in [1.165, 1.54) is 19.3 Å². The van der Waals surface area contributed by atoms with Crippen LogP contribution in [-0.2, 0) is 4.79 Å². The molecule has 116 valence electrons. The molecule has 0 unspecified atom stereocenters. The Hall–Kier alpha value is -1.55. The maximum Gasteiger partial charge on any atom is 0.234 e. The Kier molecular flexibility index (Phi) is 6.05. The van der Waals surface area contributed by atoms with Crippen LogP contribution in [0.3, 0.4) is 0 Å². The molecular weight excluding hydrogens is 264 g/mol. The minimum Gasteiger partial charge on any atom is -0.496 e. The van der Waals surface area contributed by atoms with Crippen molar-refractivity contribution in [2.24, 2.45) is 0 Å². The van der Waals surface area contributed by atoms with E-state index in [0.29, 0.717) is 12.6 Å². The zero-order valence-electron chi connectivity index (χ0n) is 13.0. The molecule has 0 bridgehead atoms. The molecule has 1 aromatic rings. The second-order valence-electron chi connectivity index (χ2n) is 5.75. The Labute approximate surface area is 127 Å². The van der Waals surface area contributed by atoms with E-state index in [4.69, 9.17) is 4.74 Å². The molecule has 1 aliphatic rings. The van der Waals surface area contributed by atoms with Crippen LogP contribution in [0.2, 0.25) is 0 Å². The fourth-order valence-corrected chi connectivity index (χ4v) is 2.91. The van der Waals surface area contributed by atoms with Crippen LogP contribution in [0, 0.1) is 0 Å². The molecule has 21 heavy (non-hydrogen) atoms. The lowest BCUT2D eigenvalue weighted by Gasteiger charge is -2.23. The van der Waals surface area contributed by atoms with Gasteiger partial charge in [-0.1, -0.05) is 37.5 Å². The second kappa shape index (κ2) is 8.03. The number of carbonyl (C=O) groups excluding carboxylic acids is 1. The minimum absolute atomic E-state index is 0.0817. The van der Waals surface area contributed by atoms with Gasteiger partial charge < -0.3 is 15.4 Å². The fraction of sp³-hybridized carbons (Fsp3) is 0.588. The second-order valence-corrected chi connectivity index (χ2v) is 5.75. The molecule has 0 saturated heterocycles. The summed E-state index contributed by atoms with van der Waals surface area (Å²) in [6, 6.07) is 8.35. The van der Waals surface area contributed by atoms with E-state index in [2.05, 4.69) is 10.6 Å². The maximum atomic E-state index is 12.0. The van der Waals surface area contributed by atoms with Crippen LogP contribution < -0.4 is 15.4 Å². The van der Waals surface area contributed by atoms with Crippen LogP contribution in [-0.4, -0.2) is 25.6 Å². The standard InChI is InChI=1S/C17H26N2O2/c1-13(15-10-6-7-11-16(15)21-2)18-12-17(20)19-14-8-4-3-5-9-14/h6-7,10-11,13-14,18H,3-5,8-9,12H2,1-2H3,(H,19,20)/t13-/m1/s1. The van der Waals surface area contributed by atoms with Gasteiger partial charge in [-0.2, -0.15) is 0 Å². The van der Waals surface area contributed by atoms with Gasteiger partial charge >= 0.3 is 0 Å². The summed E-state index contributed by atoms with van der Waals surface area (Å²) in [4.78, 5) is 12.0. The van der Waals surface area contributed by atoms with Gasteiger partial charge in [0.15, 0.2) is 0 Å². The molecule has 1 saturated carbocycles. The third kappa shape index (κ3) is 4.74. The van der Waals surface area contributed by atoms with Crippen molar-refractivity contribution in [3.05, 3.63) is 29.8 Å². The van der Waals surface area contributed by atoms with Gasteiger partial charge in [-0.15, -0.1) is 0 Å². The van der Waals surface area contributed by atoms with Gasteiger partial charge in [0, 0.05) is 17.6 Å². The Morgan fingerprint density at radius 3 is 2.71 bits per heavy atom. The molecule has 1 atom stereocenters. The molecule has 0 aromatic heterocycles.